The van der Waals surface area contributed by atoms with E-state index in [0.717, 1.165) is 0 Å². The molecule has 0 amide bonds. The number of pyridine rings is 1. The van der Waals surface area contributed by atoms with E-state index in [1.165, 1.54) is 22.7 Å². The Morgan fingerprint density at radius 1 is 1.53 bits per heavy atom. The van der Waals surface area contributed by atoms with Crippen molar-refractivity contribution >= 4 is 11.5 Å². The van der Waals surface area contributed by atoms with E-state index in [9.17, 15) is 9.90 Å². The molecule has 0 aliphatic heterocycles. The van der Waals surface area contributed by atoms with E-state index in [0.29, 0.717) is 0 Å². The minimum Gasteiger partial charge on any atom is -0.508 e. The van der Waals surface area contributed by atoms with Crippen molar-refractivity contribution in [1.29, 1.82) is 0 Å². The number of aliphatic hydroxyl groups excluding tert-OH is 1. The van der Waals surface area contributed by atoms with E-state index >= 15 is 0 Å². The van der Waals surface area contributed by atoms with Crippen molar-refractivity contribution < 1.29 is 20.1 Å². The third kappa shape index (κ3) is 1.40. The topological polar surface area (TPSA) is 95.1 Å². The maximum Gasteiger partial charge on any atom is 0.356 e. The van der Waals surface area contributed by atoms with Crippen LogP contribution in [0.2, 0.25) is 0 Å². The molecule has 0 fully saturated rings. The smallest absolute Gasteiger partial charge is 0.356 e. The fourth-order valence-corrected chi connectivity index (χ4v) is 1.41. The molecule has 78 valence electrons. The van der Waals surface area contributed by atoms with Crippen LogP contribution >= 0.6 is 0 Å². The summed E-state index contributed by atoms with van der Waals surface area (Å²) in [6, 6.07) is 2.68. The van der Waals surface area contributed by atoms with Gasteiger partial charge in [0.15, 0.2) is 5.69 Å². The lowest BCUT2D eigenvalue weighted by Crippen LogP contribution is -1.97. The molecule has 2 aromatic rings. The van der Waals surface area contributed by atoms with Crippen LogP contribution in [0.1, 0.15) is 16.3 Å². The fraction of sp³-hybridized carbons (Fsp3) is 0.111. The molecule has 2 aromatic heterocycles. The number of carboxylic acid groups (broad SMARTS) is 1. The van der Waals surface area contributed by atoms with Crippen LogP contribution in [-0.4, -0.2) is 30.7 Å². The molecule has 15 heavy (non-hydrogen) atoms. The van der Waals surface area contributed by atoms with Crippen molar-refractivity contribution in [2.24, 2.45) is 0 Å². The van der Waals surface area contributed by atoms with Gasteiger partial charge in [-0.25, -0.2) is 9.78 Å². The normalized spacial score (nSPS) is 10.7. The summed E-state index contributed by atoms with van der Waals surface area (Å²) in [6.45, 7) is -0.362. The number of carbonyl (C=O) groups is 1. The Balaban J connectivity index is 2.81. The van der Waals surface area contributed by atoms with Crippen molar-refractivity contribution in [3.05, 3.63) is 29.8 Å². The van der Waals surface area contributed by atoms with E-state index in [-0.39, 0.29) is 29.4 Å². The monoisotopic (exact) mass is 208 g/mol. The summed E-state index contributed by atoms with van der Waals surface area (Å²) in [5.41, 5.74) is 0.0708. The number of carboxylic acids is 1. The highest BCUT2D eigenvalue weighted by Gasteiger charge is 2.16. The molecule has 0 unspecified atom stereocenters. The van der Waals surface area contributed by atoms with Crippen LogP contribution in [0.25, 0.3) is 5.52 Å². The van der Waals surface area contributed by atoms with Crippen LogP contribution in [0.15, 0.2) is 18.3 Å². The van der Waals surface area contributed by atoms with Crippen molar-refractivity contribution in [2.45, 2.75) is 6.61 Å². The van der Waals surface area contributed by atoms with Crippen LogP contribution < -0.4 is 0 Å². The lowest BCUT2D eigenvalue weighted by atomic mass is 10.3. The second-order valence-corrected chi connectivity index (χ2v) is 2.98. The molecule has 2 heterocycles. The van der Waals surface area contributed by atoms with Crippen LogP contribution in [0, 0.1) is 0 Å². The molecule has 0 saturated carbocycles. The highest BCUT2D eigenvalue weighted by Crippen LogP contribution is 2.18. The Kier molecular flexibility index (Phi) is 2.05. The highest BCUT2D eigenvalue weighted by molar-refractivity contribution is 5.93. The largest absolute Gasteiger partial charge is 0.508 e. The SMILES string of the molecule is O=C(O)c1nc(CO)n2ccc(O)cc12. The molecule has 6 nitrogen and oxygen atoms in total. The van der Waals surface area contributed by atoms with Gasteiger partial charge in [-0.2, -0.15) is 0 Å². The van der Waals surface area contributed by atoms with Gasteiger partial charge in [0.05, 0.1) is 5.52 Å². The van der Waals surface area contributed by atoms with Gasteiger partial charge in [0.25, 0.3) is 0 Å². The Morgan fingerprint density at radius 2 is 2.27 bits per heavy atom. The number of aromatic hydroxyl groups is 1. The molecule has 0 spiro atoms. The molecule has 0 aliphatic carbocycles. The third-order valence-electron chi connectivity index (χ3n) is 2.04. The molecule has 0 atom stereocenters. The molecular formula is C9H8N2O4. The molecule has 0 saturated heterocycles. The van der Waals surface area contributed by atoms with Gasteiger partial charge < -0.3 is 19.7 Å². The first-order valence-corrected chi connectivity index (χ1v) is 4.17. The summed E-state index contributed by atoms with van der Waals surface area (Å²) < 4.78 is 1.42. The molecule has 2 rings (SSSR count). The molecule has 3 N–H and O–H groups in total. The van der Waals surface area contributed by atoms with E-state index in [1.54, 1.807) is 0 Å². The number of aromatic nitrogens is 2. The summed E-state index contributed by atoms with van der Waals surface area (Å²) >= 11 is 0. The maximum absolute atomic E-state index is 10.8. The molecule has 0 bridgehead atoms. The zero-order valence-corrected chi connectivity index (χ0v) is 7.58. The molecule has 6 heteroatoms. The van der Waals surface area contributed by atoms with Crippen LogP contribution in [0.5, 0.6) is 5.75 Å². The molecular weight excluding hydrogens is 200 g/mol. The number of hydrogen-bond acceptors (Lipinski definition) is 4. The zero-order chi connectivity index (χ0) is 11.0. The van der Waals surface area contributed by atoms with E-state index in [2.05, 4.69) is 4.98 Å². The maximum atomic E-state index is 10.8. The summed E-state index contributed by atoms with van der Waals surface area (Å²) in [5.74, 6) is -1.02. The first kappa shape index (κ1) is 9.47. The second kappa shape index (κ2) is 3.25. The number of nitrogens with zero attached hydrogens (tertiary/aromatic N) is 2. The Bertz CT molecular complexity index is 532. The molecule has 0 aromatic carbocycles. The van der Waals surface area contributed by atoms with Crippen LogP contribution in [0.4, 0.5) is 0 Å². The standard InChI is InChI=1S/C9H8N2O4/c12-4-7-10-8(9(14)15)6-3-5(13)1-2-11(6)7/h1-3,12-13H,4H2,(H,14,15). The number of fused-ring (bicyclic) bond motifs is 1. The minimum absolute atomic E-state index is 0.0469. The number of imidazole rings is 1. The van der Waals surface area contributed by atoms with Gasteiger partial charge >= 0.3 is 5.97 Å². The summed E-state index contributed by atoms with van der Waals surface area (Å²) in [7, 11) is 0. The predicted octanol–water partition coefficient (Wildman–Crippen LogP) is 0.230. The average molecular weight is 208 g/mol. The number of aromatic carboxylic acids is 1. The van der Waals surface area contributed by atoms with Crippen LogP contribution in [-0.2, 0) is 6.61 Å². The fourth-order valence-electron chi connectivity index (χ4n) is 1.41. The van der Waals surface area contributed by atoms with Gasteiger partial charge in [-0.1, -0.05) is 0 Å². The Labute approximate surface area is 84.0 Å². The van der Waals surface area contributed by atoms with Gasteiger partial charge in [-0.3, -0.25) is 0 Å². The van der Waals surface area contributed by atoms with Crippen molar-refractivity contribution in [3.63, 3.8) is 0 Å². The third-order valence-corrected chi connectivity index (χ3v) is 2.04. The van der Waals surface area contributed by atoms with Gasteiger partial charge in [0.1, 0.15) is 18.2 Å². The van der Waals surface area contributed by atoms with Crippen LogP contribution in [0.3, 0.4) is 0 Å². The quantitative estimate of drug-likeness (QED) is 0.656. The predicted molar refractivity (Wildman–Crippen MR) is 49.7 cm³/mol. The van der Waals surface area contributed by atoms with Crippen molar-refractivity contribution in [3.8, 4) is 5.75 Å². The van der Waals surface area contributed by atoms with Gasteiger partial charge in [-0.05, 0) is 6.07 Å². The Hall–Kier alpha value is -2.08. The lowest BCUT2D eigenvalue weighted by Gasteiger charge is -1.97. The first-order chi connectivity index (χ1) is 7.13. The first-order valence-electron chi connectivity index (χ1n) is 4.17. The van der Waals surface area contributed by atoms with Gasteiger partial charge in [0.2, 0.25) is 0 Å². The zero-order valence-electron chi connectivity index (χ0n) is 7.58. The summed E-state index contributed by atoms with van der Waals surface area (Å²) in [4.78, 5) is 14.6. The van der Waals surface area contributed by atoms with Crippen molar-refractivity contribution in [1.82, 2.24) is 9.38 Å². The van der Waals surface area contributed by atoms with Crippen molar-refractivity contribution in [2.75, 3.05) is 0 Å². The molecule has 0 aliphatic rings. The average Bonchev–Trinajstić information content (AvgIpc) is 2.55. The Morgan fingerprint density at radius 3 is 2.87 bits per heavy atom. The van der Waals surface area contributed by atoms with Gasteiger partial charge in [-0.15, -0.1) is 0 Å². The van der Waals surface area contributed by atoms with Gasteiger partial charge in [0, 0.05) is 12.3 Å². The summed E-state index contributed by atoms with van der Waals surface area (Å²) in [5, 5.41) is 27.0. The van der Waals surface area contributed by atoms with E-state index < -0.39 is 5.97 Å². The van der Waals surface area contributed by atoms with E-state index in [4.69, 9.17) is 10.2 Å². The highest BCUT2D eigenvalue weighted by atomic mass is 16.4. The minimum atomic E-state index is -1.20. The lowest BCUT2D eigenvalue weighted by molar-refractivity contribution is 0.0693. The number of rotatable bonds is 2. The summed E-state index contributed by atoms with van der Waals surface area (Å²) in [6.07, 6.45) is 1.45. The molecule has 0 radical (unpaired) electrons. The van der Waals surface area contributed by atoms with E-state index in [1.807, 2.05) is 0 Å². The number of aliphatic hydroxyl groups is 1. The second-order valence-electron chi connectivity index (χ2n) is 2.98. The number of hydrogen-bond donors (Lipinski definition) is 3.